The summed E-state index contributed by atoms with van der Waals surface area (Å²) >= 11 is 0. The molecule has 2 heterocycles. The maximum Gasteiger partial charge on any atom is 0.410 e. The van der Waals surface area contributed by atoms with Gasteiger partial charge in [0.25, 0.3) is 0 Å². The van der Waals surface area contributed by atoms with Crippen molar-refractivity contribution in [1.29, 1.82) is 0 Å². The Morgan fingerprint density at radius 1 is 1.18 bits per heavy atom. The lowest BCUT2D eigenvalue weighted by Gasteiger charge is -2.30. The lowest BCUT2D eigenvalue weighted by atomic mass is 10.1. The number of amides is 1. The summed E-state index contributed by atoms with van der Waals surface area (Å²) < 4.78 is 48.0. The molecule has 0 unspecified atom stereocenters. The number of hydrogen-bond acceptors (Lipinski definition) is 6. The van der Waals surface area contributed by atoms with E-state index >= 15 is 0 Å². The van der Waals surface area contributed by atoms with Gasteiger partial charge in [0, 0.05) is 30.5 Å². The van der Waals surface area contributed by atoms with Crippen LogP contribution in [0.5, 0.6) is 0 Å². The minimum absolute atomic E-state index is 0.0296. The third-order valence-corrected chi connectivity index (χ3v) is 6.92. The quantitative estimate of drug-likeness (QED) is 0.550. The van der Waals surface area contributed by atoms with Crippen molar-refractivity contribution < 1.29 is 22.3 Å². The summed E-state index contributed by atoms with van der Waals surface area (Å²) in [5.74, 6) is -0.602. The molecule has 0 spiro atoms. The van der Waals surface area contributed by atoms with E-state index in [0.29, 0.717) is 11.3 Å². The van der Waals surface area contributed by atoms with E-state index in [1.165, 1.54) is 29.3 Å². The molecule has 1 aromatic carbocycles. The molecule has 176 valence electrons. The number of rotatable bonds is 5. The number of benzene rings is 1. The lowest BCUT2D eigenvalue weighted by molar-refractivity contribution is 0.0749. The van der Waals surface area contributed by atoms with E-state index in [0.717, 1.165) is 4.68 Å². The van der Waals surface area contributed by atoms with Crippen LogP contribution >= 0.6 is 0 Å². The number of carbonyl (C=O) groups excluding carboxylic acids is 1. The maximum absolute atomic E-state index is 14.9. The van der Waals surface area contributed by atoms with Crippen LogP contribution in [0, 0.1) is 19.7 Å². The molecule has 0 N–H and O–H groups in total. The van der Waals surface area contributed by atoms with Crippen molar-refractivity contribution >= 4 is 15.9 Å². The molecular formula is C23H27FN4O4S. The minimum Gasteiger partial charge on any atom is -0.443 e. The molecule has 3 rings (SSSR count). The zero-order chi connectivity index (χ0) is 24.6. The van der Waals surface area contributed by atoms with Crippen LogP contribution in [-0.2, 0) is 21.2 Å². The first-order chi connectivity index (χ1) is 15.3. The van der Waals surface area contributed by atoms with Crippen LogP contribution in [0.3, 0.4) is 0 Å². The maximum atomic E-state index is 14.9. The Labute approximate surface area is 192 Å². The van der Waals surface area contributed by atoms with E-state index in [1.54, 1.807) is 39.1 Å². The summed E-state index contributed by atoms with van der Waals surface area (Å²) in [4.78, 5) is 17.8. The SMILES string of the molecule is Cc1ccc(S(=O)(=O)c2cc(COC(=O)N(C)C(C)(C)C)nn2-c2cccc(C)c2F)cn1. The Kier molecular flexibility index (Phi) is 6.60. The van der Waals surface area contributed by atoms with Gasteiger partial charge in [-0.05, 0) is 58.4 Å². The van der Waals surface area contributed by atoms with E-state index in [-0.39, 0.29) is 27.9 Å². The van der Waals surface area contributed by atoms with Crippen LogP contribution in [-0.4, -0.2) is 46.8 Å². The van der Waals surface area contributed by atoms with Gasteiger partial charge in [0.05, 0.1) is 4.90 Å². The van der Waals surface area contributed by atoms with Crippen molar-refractivity contribution in [1.82, 2.24) is 19.7 Å². The van der Waals surface area contributed by atoms with Crippen LogP contribution in [0.25, 0.3) is 5.69 Å². The predicted molar refractivity (Wildman–Crippen MR) is 120 cm³/mol. The van der Waals surface area contributed by atoms with Crippen molar-refractivity contribution in [3.63, 3.8) is 0 Å². The van der Waals surface area contributed by atoms with Crippen LogP contribution in [0.15, 0.2) is 52.5 Å². The molecule has 0 bridgehead atoms. The Hall–Kier alpha value is -3.27. The monoisotopic (exact) mass is 474 g/mol. The number of halogens is 1. The Bertz CT molecular complexity index is 1280. The second-order valence-electron chi connectivity index (χ2n) is 8.72. The molecule has 2 aromatic heterocycles. The molecule has 0 saturated heterocycles. The standard InChI is InChI=1S/C23H27FN4O4S/c1-15-8-7-9-19(21(15)24)28-20(33(30,31)18-11-10-16(2)25-13-18)12-17(26-28)14-32-22(29)27(6)23(3,4)5/h7-13H,14H2,1-6H3. The number of aromatic nitrogens is 3. The van der Waals surface area contributed by atoms with E-state index in [2.05, 4.69) is 10.1 Å². The first-order valence-electron chi connectivity index (χ1n) is 10.2. The first-order valence-corrected chi connectivity index (χ1v) is 11.7. The van der Waals surface area contributed by atoms with Gasteiger partial charge < -0.3 is 9.64 Å². The summed E-state index contributed by atoms with van der Waals surface area (Å²) in [6.07, 6.45) is 0.651. The Morgan fingerprint density at radius 2 is 1.88 bits per heavy atom. The number of hydrogen-bond donors (Lipinski definition) is 0. The minimum atomic E-state index is -4.10. The summed E-state index contributed by atoms with van der Waals surface area (Å²) in [7, 11) is -2.50. The van der Waals surface area contributed by atoms with E-state index in [4.69, 9.17) is 4.74 Å². The van der Waals surface area contributed by atoms with Gasteiger partial charge in [0.1, 0.15) is 18.0 Å². The molecule has 10 heteroatoms. The third-order valence-electron chi connectivity index (χ3n) is 5.22. The normalized spacial score (nSPS) is 12.0. The van der Waals surface area contributed by atoms with Gasteiger partial charge in [-0.2, -0.15) is 5.10 Å². The second-order valence-corrected chi connectivity index (χ2v) is 10.6. The van der Waals surface area contributed by atoms with Crippen LogP contribution in [0.4, 0.5) is 9.18 Å². The molecule has 0 atom stereocenters. The van der Waals surface area contributed by atoms with Gasteiger partial charge in [-0.25, -0.2) is 22.3 Å². The van der Waals surface area contributed by atoms with E-state index < -0.39 is 27.3 Å². The highest BCUT2D eigenvalue weighted by Crippen LogP contribution is 2.27. The zero-order valence-corrected chi connectivity index (χ0v) is 20.3. The van der Waals surface area contributed by atoms with Gasteiger partial charge in [-0.3, -0.25) is 4.98 Å². The predicted octanol–water partition coefficient (Wildman–Crippen LogP) is 4.22. The molecule has 1 amide bonds. The average Bonchev–Trinajstić information content (AvgIpc) is 3.18. The molecule has 0 radical (unpaired) electrons. The molecule has 3 aromatic rings. The summed E-state index contributed by atoms with van der Waals surface area (Å²) in [5.41, 5.74) is 0.655. The fraction of sp³-hybridized carbons (Fsp3) is 0.348. The fourth-order valence-corrected chi connectivity index (χ4v) is 4.22. The third kappa shape index (κ3) is 5.05. The summed E-state index contributed by atoms with van der Waals surface area (Å²) in [5, 5.41) is 4.01. The molecule has 0 aliphatic rings. The van der Waals surface area contributed by atoms with Gasteiger partial charge in [-0.15, -0.1) is 0 Å². The highest BCUT2D eigenvalue weighted by Gasteiger charge is 2.28. The fourth-order valence-electron chi connectivity index (χ4n) is 2.88. The van der Waals surface area contributed by atoms with Crippen LogP contribution in [0.1, 0.15) is 37.7 Å². The van der Waals surface area contributed by atoms with Gasteiger partial charge in [0.15, 0.2) is 10.8 Å². The highest BCUT2D eigenvalue weighted by molar-refractivity contribution is 7.91. The summed E-state index contributed by atoms with van der Waals surface area (Å²) in [6.45, 7) is 8.58. The molecule has 0 fully saturated rings. The zero-order valence-electron chi connectivity index (χ0n) is 19.5. The Morgan fingerprint density at radius 3 is 2.48 bits per heavy atom. The highest BCUT2D eigenvalue weighted by atomic mass is 32.2. The lowest BCUT2D eigenvalue weighted by Crippen LogP contribution is -2.42. The van der Waals surface area contributed by atoms with Gasteiger partial charge in [0.2, 0.25) is 9.84 Å². The smallest absolute Gasteiger partial charge is 0.410 e. The molecule has 0 saturated carbocycles. The topological polar surface area (TPSA) is 94.4 Å². The summed E-state index contributed by atoms with van der Waals surface area (Å²) in [6, 6.07) is 8.90. The van der Waals surface area contributed by atoms with E-state index in [1.807, 2.05) is 20.8 Å². The number of pyridine rings is 1. The van der Waals surface area contributed by atoms with Crippen molar-refractivity contribution in [3.8, 4) is 5.69 Å². The van der Waals surface area contributed by atoms with Crippen molar-refractivity contribution in [2.75, 3.05) is 7.05 Å². The number of sulfone groups is 1. The molecule has 0 aliphatic carbocycles. The van der Waals surface area contributed by atoms with Crippen molar-refractivity contribution in [2.45, 2.75) is 56.7 Å². The van der Waals surface area contributed by atoms with Gasteiger partial charge >= 0.3 is 6.09 Å². The molecule has 0 aliphatic heterocycles. The number of ether oxygens (including phenoxy) is 1. The van der Waals surface area contributed by atoms with Crippen LogP contribution < -0.4 is 0 Å². The first kappa shape index (κ1) is 24.4. The number of nitrogens with zero attached hydrogens (tertiary/aromatic N) is 4. The van der Waals surface area contributed by atoms with Gasteiger partial charge in [-0.1, -0.05) is 12.1 Å². The average molecular weight is 475 g/mol. The second kappa shape index (κ2) is 8.93. The molecule has 8 nitrogen and oxygen atoms in total. The number of carbonyl (C=O) groups is 1. The largest absolute Gasteiger partial charge is 0.443 e. The molecule has 33 heavy (non-hydrogen) atoms. The van der Waals surface area contributed by atoms with Crippen LogP contribution in [0.2, 0.25) is 0 Å². The van der Waals surface area contributed by atoms with Crippen molar-refractivity contribution in [2.24, 2.45) is 0 Å². The number of aryl methyl sites for hydroxylation is 2. The Balaban J connectivity index is 2.06. The molecular weight excluding hydrogens is 447 g/mol. The van der Waals surface area contributed by atoms with E-state index in [9.17, 15) is 17.6 Å². The van der Waals surface area contributed by atoms with Crippen molar-refractivity contribution in [3.05, 3.63) is 65.4 Å².